The third-order valence-electron chi connectivity index (χ3n) is 6.71. The lowest BCUT2D eigenvalue weighted by atomic mass is 9.94. The first kappa shape index (κ1) is 29.8. The normalized spacial score (nSPS) is 29.7. The number of oxazole rings is 1. The molecule has 0 aliphatic carbocycles. The van der Waals surface area contributed by atoms with Crippen LogP contribution in [-0.2, 0) is 20.7 Å². The number of fused-ring (bicyclic) bond motifs is 3. The minimum Gasteiger partial charge on any atom is -0.460 e. The molecule has 38 heavy (non-hydrogen) atoms. The van der Waals surface area contributed by atoms with E-state index in [9.17, 15) is 18.8 Å². The number of hydrogen-bond donors (Lipinski definition) is 1. The largest absolute Gasteiger partial charge is 0.460 e. The van der Waals surface area contributed by atoms with Gasteiger partial charge in [0.15, 0.2) is 11.6 Å². The molecule has 2 aliphatic rings. The van der Waals surface area contributed by atoms with Crippen molar-refractivity contribution in [3.8, 4) is 0 Å². The van der Waals surface area contributed by atoms with Gasteiger partial charge < -0.3 is 19.4 Å². The van der Waals surface area contributed by atoms with Crippen LogP contribution in [0, 0.1) is 11.8 Å². The van der Waals surface area contributed by atoms with E-state index >= 15 is 0 Å². The summed E-state index contributed by atoms with van der Waals surface area (Å²) in [4.78, 5) is 44.5. The van der Waals surface area contributed by atoms with Crippen LogP contribution in [0.3, 0.4) is 0 Å². The van der Waals surface area contributed by atoms with Crippen molar-refractivity contribution < 1.29 is 27.9 Å². The molecule has 2 aliphatic heterocycles. The zero-order chi connectivity index (χ0) is 27.8. The molecule has 208 valence electrons. The summed E-state index contributed by atoms with van der Waals surface area (Å²) in [5.41, 5.74) is 0.983. The summed E-state index contributed by atoms with van der Waals surface area (Å²) < 4.78 is 26.2. The van der Waals surface area contributed by atoms with Gasteiger partial charge in [0.1, 0.15) is 18.3 Å². The number of carbonyl (C=O) groups excluding carboxylic acids is 3. The molecule has 0 radical (unpaired) electrons. The van der Waals surface area contributed by atoms with Gasteiger partial charge in [-0.1, -0.05) is 50.6 Å². The highest BCUT2D eigenvalue weighted by molar-refractivity contribution is 9.10. The molecule has 2 amide bonds. The molecule has 10 heteroatoms. The molecule has 3 heterocycles. The average Bonchev–Trinajstić information content (AvgIpc) is 3.49. The number of esters is 1. The molecule has 8 nitrogen and oxygen atoms in total. The average molecular weight is 595 g/mol. The Morgan fingerprint density at radius 3 is 2.71 bits per heavy atom. The third-order valence-corrected chi connectivity index (χ3v) is 7.25. The van der Waals surface area contributed by atoms with Crippen LogP contribution in [0.15, 0.2) is 45.0 Å². The third kappa shape index (κ3) is 8.12. The highest BCUT2D eigenvalue weighted by Crippen LogP contribution is 2.28. The van der Waals surface area contributed by atoms with Crippen LogP contribution in [0.2, 0.25) is 0 Å². The van der Waals surface area contributed by atoms with Crippen molar-refractivity contribution in [3.63, 3.8) is 0 Å². The number of alkyl halides is 1. The van der Waals surface area contributed by atoms with Crippen LogP contribution in [0.4, 0.5) is 4.39 Å². The Kier molecular flexibility index (Phi) is 10.9. The molecule has 1 N–H and O–H groups in total. The second-order valence-electron chi connectivity index (χ2n) is 10.2. The number of rotatable bonds is 1. The number of allylic oxidation sites excluding steroid dienone is 3. The van der Waals surface area contributed by atoms with E-state index in [0.29, 0.717) is 32.4 Å². The van der Waals surface area contributed by atoms with Crippen LogP contribution in [0.25, 0.3) is 0 Å². The Morgan fingerprint density at radius 1 is 1.21 bits per heavy atom. The number of ether oxygens (including phenoxy) is 1. The number of cyclic esters (lactones) is 1. The van der Waals surface area contributed by atoms with E-state index in [1.807, 2.05) is 45.9 Å². The fourth-order valence-electron chi connectivity index (χ4n) is 4.68. The van der Waals surface area contributed by atoms with Crippen molar-refractivity contribution in [3.05, 3.63) is 52.2 Å². The standard InChI is InChI=1S/C28H37BrFN3O5/c1-17(2)25-19(4)12-13-22(34)31-14-6-9-18(3)8-5-10-20(30)16-23-32-24(26(29)37-23)27(35)33-15-7-11-21(33)28(36)38-25/h6,8-9,12-13,17,19-21,25H,5,7,10-11,14-16H2,1-4H3,(H,31,34)/b9-6-,13-12-,18-8-/t19-,20-,21-,25-/m1/s1. The van der Waals surface area contributed by atoms with Gasteiger partial charge in [0.05, 0.1) is 6.42 Å². The van der Waals surface area contributed by atoms with Crippen molar-refractivity contribution >= 4 is 33.7 Å². The lowest BCUT2D eigenvalue weighted by Crippen LogP contribution is -2.44. The van der Waals surface area contributed by atoms with Crippen molar-refractivity contribution in [1.82, 2.24) is 15.2 Å². The van der Waals surface area contributed by atoms with E-state index in [-0.39, 0.29) is 46.8 Å². The highest BCUT2D eigenvalue weighted by atomic mass is 79.9. The molecule has 0 unspecified atom stereocenters. The minimum atomic E-state index is -1.20. The van der Waals surface area contributed by atoms with Gasteiger partial charge in [-0.05, 0) is 60.5 Å². The molecule has 0 aromatic carbocycles. The fraction of sp³-hybridized carbons (Fsp3) is 0.571. The highest BCUT2D eigenvalue weighted by Gasteiger charge is 2.39. The zero-order valence-corrected chi connectivity index (χ0v) is 24.0. The lowest BCUT2D eigenvalue weighted by Gasteiger charge is -2.29. The number of amides is 2. The predicted octanol–water partition coefficient (Wildman–Crippen LogP) is 5.09. The molecule has 1 fully saturated rings. The van der Waals surface area contributed by atoms with Gasteiger partial charge >= 0.3 is 5.97 Å². The van der Waals surface area contributed by atoms with Crippen molar-refractivity contribution in [2.45, 2.75) is 78.1 Å². The molecule has 3 rings (SSSR count). The number of nitrogens with one attached hydrogen (secondary N) is 1. The van der Waals surface area contributed by atoms with Crippen molar-refractivity contribution in [2.24, 2.45) is 11.8 Å². The molecule has 0 spiro atoms. The smallest absolute Gasteiger partial charge is 0.329 e. The molecular weight excluding hydrogens is 557 g/mol. The number of aromatic nitrogens is 1. The van der Waals surface area contributed by atoms with Crippen molar-refractivity contribution in [2.75, 3.05) is 13.1 Å². The van der Waals surface area contributed by atoms with E-state index in [4.69, 9.17) is 9.15 Å². The summed E-state index contributed by atoms with van der Waals surface area (Å²) in [6, 6.07) is -0.757. The van der Waals surface area contributed by atoms with Crippen LogP contribution < -0.4 is 5.32 Å². The Bertz CT molecular complexity index is 1100. The second-order valence-corrected chi connectivity index (χ2v) is 10.9. The number of hydrogen-bond acceptors (Lipinski definition) is 6. The Hall–Kier alpha value is -2.75. The maximum Gasteiger partial charge on any atom is 0.329 e. The summed E-state index contributed by atoms with van der Waals surface area (Å²) in [5, 5.41) is 2.80. The SMILES string of the molecule is CC1=C/CC[C@@H](F)Cc2nc(c(Br)o2)C(=O)N2CCC[C@@H]2C(=O)O[C@H](C(C)C)[C@H](C)/C=C\C(=O)NC/C=C\1. The molecule has 4 atom stereocenters. The van der Waals surface area contributed by atoms with E-state index in [1.165, 1.54) is 11.0 Å². The maximum atomic E-state index is 14.6. The second kappa shape index (κ2) is 13.9. The van der Waals surface area contributed by atoms with Gasteiger partial charge in [-0.3, -0.25) is 9.59 Å². The van der Waals surface area contributed by atoms with E-state index in [1.54, 1.807) is 6.08 Å². The van der Waals surface area contributed by atoms with Crippen LogP contribution in [0.5, 0.6) is 0 Å². The summed E-state index contributed by atoms with van der Waals surface area (Å²) in [7, 11) is 0. The van der Waals surface area contributed by atoms with E-state index in [2.05, 4.69) is 26.2 Å². The monoisotopic (exact) mass is 593 g/mol. The Morgan fingerprint density at radius 2 is 1.97 bits per heavy atom. The summed E-state index contributed by atoms with van der Waals surface area (Å²) in [6.45, 7) is 8.42. The quantitative estimate of drug-likeness (QED) is 0.455. The number of nitrogens with zero attached hydrogens (tertiary/aromatic N) is 2. The first-order chi connectivity index (χ1) is 18.1. The van der Waals surface area contributed by atoms with E-state index in [0.717, 1.165) is 5.57 Å². The molecule has 1 aromatic heterocycles. The summed E-state index contributed by atoms with van der Waals surface area (Å²) in [6.07, 6.45) is 8.98. The van der Waals surface area contributed by atoms with E-state index < -0.39 is 30.2 Å². The maximum absolute atomic E-state index is 14.6. The summed E-state index contributed by atoms with van der Waals surface area (Å²) >= 11 is 3.24. The number of halogens is 2. The summed E-state index contributed by atoms with van der Waals surface area (Å²) in [5.74, 6) is -1.31. The molecule has 1 aromatic rings. The lowest BCUT2D eigenvalue weighted by molar-refractivity contribution is -0.158. The zero-order valence-electron chi connectivity index (χ0n) is 22.4. The van der Waals surface area contributed by atoms with Crippen molar-refractivity contribution in [1.29, 1.82) is 0 Å². The van der Waals surface area contributed by atoms with Gasteiger partial charge in [-0.15, -0.1) is 0 Å². The van der Waals surface area contributed by atoms with Crippen LogP contribution >= 0.6 is 15.9 Å². The van der Waals surface area contributed by atoms with Gasteiger partial charge in [-0.25, -0.2) is 14.2 Å². The molecule has 0 saturated carbocycles. The topological polar surface area (TPSA) is 102 Å². The predicted molar refractivity (Wildman–Crippen MR) is 145 cm³/mol. The molecular formula is C28H37BrFN3O5. The minimum absolute atomic E-state index is 0.0136. The fourth-order valence-corrected chi connectivity index (χ4v) is 5.12. The van der Waals surface area contributed by atoms with Gasteiger partial charge in [-0.2, -0.15) is 0 Å². The first-order valence-electron chi connectivity index (χ1n) is 13.2. The molecule has 1 saturated heterocycles. The van der Waals surface area contributed by atoms with Gasteiger partial charge in [0.2, 0.25) is 10.6 Å². The van der Waals surface area contributed by atoms with Gasteiger partial charge in [0, 0.05) is 19.0 Å². The van der Waals surface area contributed by atoms with Crippen LogP contribution in [0.1, 0.15) is 69.8 Å². The Balaban J connectivity index is 1.86. The first-order valence-corrected chi connectivity index (χ1v) is 14.0. The van der Waals surface area contributed by atoms with Crippen LogP contribution in [-0.4, -0.2) is 59.1 Å². The van der Waals surface area contributed by atoms with Gasteiger partial charge in [0.25, 0.3) is 5.91 Å². The molecule has 2 bridgehead atoms. The Labute approximate surface area is 231 Å². The number of carbonyl (C=O) groups is 3.